The van der Waals surface area contributed by atoms with Gasteiger partial charge < -0.3 is 9.53 Å². The first-order chi connectivity index (χ1) is 13.7. The summed E-state index contributed by atoms with van der Waals surface area (Å²) in [6.45, 7) is 0.455. The Hall–Kier alpha value is -2.73. The van der Waals surface area contributed by atoms with E-state index in [0.29, 0.717) is 35.8 Å². The molecule has 1 amide bonds. The van der Waals surface area contributed by atoms with Crippen LogP contribution < -0.4 is 9.64 Å². The van der Waals surface area contributed by atoms with Crippen LogP contribution in [0.4, 0.5) is 5.13 Å². The van der Waals surface area contributed by atoms with E-state index in [0.717, 1.165) is 35.8 Å². The molecule has 0 radical (unpaired) electrons. The molecule has 0 saturated carbocycles. The van der Waals surface area contributed by atoms with E-state index in [1.54, 1.807) is 12.0 Å². The van der Waals surface area contributed by atoms with Crippen molar-refractivity contribution in [2.75, 3.05) is 18.6 Å². The predicted molar refractivity (Wildman–Crippen MR) is 112 cm³/mol. The van der Waals surface area contributed by atoms with Crippen molar-refractivity contribution in [3.8, 4) is 5.75 Å². The van der Waals surface area contributed by atoms with Crippen LogP contribution in [0, 0.1) is 0 Å². The van der Waals surface area contributed by atoms with Gasteiger partial charge in [0.2, 0.25) is 0 Å². The van der Waals surface area contributed by atoms with Gasteiger partial charge in [-0.3, -0.25) is 9.69 Å². The van der Waals surface area contributed by atoms with E-state index in [2.05, 4.69) is 6.07 Å². The van der Waals surface area contributed by atoms with Crippen LogP contribution in [0.3, 0.4) is 0 Å². The number of carbonyl (C=O) groups excluding carboxylic acids is 2. The summed E-state index contributed by atoms with van der Waals surface area (Å²) < 4.78 is 6.38. The van der Waals surface area contributed by atoms with Gasteiger partial charge in [-0.1, -0.05) is 23.5 Å². The first-order valence-electron chi connectivity index (χ1n) is 9.52. The number of carbonyl (C=O) groups is 2. The van der Waals surface area contributed by atoms with Crippen LogP contribution in [0.15, 0.2) is 36.4 Å². The number of amides is 1. The SMILES string of the molecule is COc1cccc2sc(N(CCCC=O)C(=O)c3ccc4c(c3)CCC4)nc12. The third kappa shape index (κ3) is 3.52. The molecule has 1 aromatic heterocycles. The van der Waals surface area contributed by atoms with Gasteiger partial charge in [0.15, 0.2) is 5.13 Å². The van der Waals surface area contributed by atoms with Crippen LogP contribution in [0.2, 0.25) is 0 Å². The Morgan fingerprint density at radius 3 is 2.93 bits per heavy atom. The predicted octanol–water partition coefficient (Wildman–Crippen LogP) is 4.42. The standard InChI is InChI=1S/C22H22N2O3S/c1-27-18-8-5-9-19-20(18)23-22(28-19)24(12-2-3-13-25)21(26)17-11-10-15-6-4-7-16(15)14-17/h5,8-11,13-14H,2-4,6-7,12H2,1H3. The van der Waals surface area contributed by atoms with Crippen LogP contribution in [0.1, 0.15) is 40.7 Å². The molecule has 0 spiro atoms. The molecule has 1 aliphatic rings. The van der Waals surface area contributed by atoms with Gasteiger partial charge in [0.25, 0.3) is 5.91 Å². The molecule has 0 aliphatic heterocycles. The Labute approximate surface area is 168 Å². The van der Waals surface area contributed by atoms with Crippen molar-refractivity contribution in [3.05, 3.63) is 53.1 Å². The number of rotatable bonds is 7. The molecule has 6 heteroatoms. The lowest BCUT2D eigenvalue weighted by Crippen LogP contribution is -2.32. The van der Waals surface area contributed by atoms with Crippen LogP contribution in [-0.4, -0.2) is 30.8 Å². The van der Waals surface area contributed by atoms with Gasteiger partial charge in [-0.2, -0.15) is 0 Å². The number of ether oxygens (including phenoxy) is 1. The average molecular weight is 394 g/mol. The molecule has 0 atom stereocenters. The number of nitrogens with zero attached hydrogens (tertiary/aromatic N) is 2. The number of fused-ring (bicyclic) bond motifs is 2. The minimum atomic E-state index is -0.0707. The van der Waals surface area contributed by atoms with Gasteiger partial charge in [0.05, 0.1) is 11.8 Å². The highest BCUT2D eigenvalue weighted by molar-refractivity contribution is 7.22. The number of unbranched alkanes of at least 4 members (excludes halogenated alkanes) is 1. The number of hydrogen-bond acceptors (Lipinski definition) is 5. The second-order valence-corrected chi connectivity index (χ2v) is 7.92. The Balaban J connectivity index is 1.70. The van der Waals surface area contributed by atoms with E-state index in [4.69, 9.17) is 9.72 Å². The van der Waals surface area contributed by atoms with Gasteiger partial charge in [-0.05, 0) is 61.1 Å². The van der Waals surface area contributed by atoms with Crippen molar-refractivity contribution in [1.82, 2.24) is 4.98 Å². The van der Waals surface area contributed by atoms with E-state index >= 15 is 0 Å². The smallest absolute Gasteiger partial charge is 0.260 e. The molecule has 28 heavy (non-hydrogen) atoms. The lowest BCUT2D eigenvalue weighted by atomic mass is 10.1. The summed E-state index contributed by atoms with van der Waals surface area (Å²) in [5.74, 6) is 0.622. The van der Waals surface area contributed by atoms with Crippen molar-refractivity contribution >= 4 is 38.9 Å². The summed E-state index contributed by atoms with van der Waals surface area (Å²) in [5, 5.41) is 0.635. The van der Waals surface area contributed by atoms with Gasteiger partial charge in [0.1, 0.15) is 17.6 Å². The average Bonchev–Trinajstić information content (AvgIpc) is 3.36. The highest BCUT2D eigenvalue weighted by Gasteiger charge is 2.23. The van der Waals surface area contributed by atoms with Crippen LogP contribution >= 0.6 is 11.3 Å². The molecule has 0 bridgehead atoms. The first kappa shape index (κ1) is 18.6. The zero-order valence-corrected chi connectivity index (χ0v) is 16.6. The quantitative estimate of drug-likeness (QED) is 0.440. The lowest BCUT2D eigenvalue weighted by Gasteiger charge is -2.20. The molecule has 144 valence electrons. The number of anilines is 1. The normalized spacial score (nSPS) is 12.8. The highest BCUT2D eigenvalue weighted by Crippen LogP contribution is 2.35. The van der Waals surface area contributed by atoms with Crippen LogP contribution in [-0.2, 0) is 17.6 Å². The third-order valence-electron chi connectivity index (χ3n) is 5.12. The Morgan fingerprint density at radius 1 is 1.25 bits per heavy atom. The Kier molecular flexibility index (Phi) is 5.39. The lowest BCUT2D eigenvalue weighted by molar-refractivity contribution is -0.107. The molecule has 2 aromatic carbocycles. The number of aryl methyl sites for hydroxylation is 2. The maximum Gasteiger partial charge on any atom is 0.260 e. The van der Waals surface area contributed by atoms with E-state index in [9.17, 15) is 9.59 Å². The largest absolute Gasteiger partial charge is 0.494 e. The monoisotopic (exact) mass is 394 g/mol. The molecule has 1 aliphatic carbocycles. The topological polar surface area (TPSA) is 59.5 Å². The summed E-state index contributed by atoms with van der Waals surface area (Å²) in [4.78, 5) is 30.5. The second kappa shape index (κ2) is 8.10. The number of para-hydroxylation sites is 1. The van der Waals surface area contributed by atoms with Gasteiger partial charge in [-0.25, -0.2) is 4.98 Å². The number of thiazole rings is 1. The minimum absolute atomic E-state index is 0.0707. The molecular weight excluding hydrogens is 372 g/mol. The van der Waals surface area contributed by atoms with E-state index in [-0.39, 0.29) is 5.91 Å². The molecule has 1 heterocycles. The van der Waals surface area contributed by atoms with Crippen molar-refractivity contribution in [2.24, 2.45) is 0 Å². The first-order valence-corrected chi connectivity index (χ1v) is 10.3. The highest BCUT2D eigenvalue weighted by atomic mass is 32.1. The Morgan fingerprint density at radius 2 is 2.11 bits per heavy atom. The molecule has 0 unspecified atom stereocenters. The Bertz CT molecular complexity index is 1030. The van der Waals surface area contributed by atoms with E-state index < -0.39 is 0 Å². The minimum Gasteiger partial charge on any atom is -0.494 e. The summed E-state index contributed by atoms with van der Waals surface area (Å²) in [6.07, 6.45) is 5.17. The van der Waals surface area contributed by atoms with Crippen LogP contribution in [0.5, 0.6) is 5.75 Å². The van der Waals surface area contributed by atoms with Crippen molar-refractivity contribution in [1.29, 1.82) is 0 Å². The maximum absolute atomic E-state index is 13.3. The number of aromatic nitrogens is 1. The number of hydrogen-bond donors (Lipinski definition) is 0. The van der Waals surface area contributed by atoms with Gasteiger partial charge in [0, 0.05) is 18.5 Å². The number of benzene rings is 2. The van der Waals surface area contributed by atoms with E-state index in [1.807, 2.05) is 30.3 Å². The summed E-state index contributed by atoms with van der Waals surface area (Å²) in [6, 6.07) is 11.8. The fourth-order valence-corrected chi connectivity index (χ4v) is 4.68. The van der Waals surface area contributed by atoms with Crippen LogP contribution in [0.25, 0.3) is 10.2 Å². The maximum atomic E-state index is 13.3. The van der Waals surface area contributed by atoms with Crippen molar-refractivity contribution < 1.29 is 14.3 Å². The zero-order chi connectivity index (χ0) is 19.5. The summed E-state index contributed by atoms with van der Waals surface area (Å²) in [5.41, 5.74) is 4.04. The third-order valence-corrected chi connectivity index (χ3v) is 6.16. The van der Waals surface area contributed by atoms with Crippen molar-refractivity contribution in [2.45, 2.75) is 32.1 Å². The zero-order valence-electron chi connectivity index (χ0n) is 15.8. The molecule has 4 rings (SSSR count). The van der Waals surface area contributed by atoms with Gasteiger partial charge >= 0.3 is 0 Å². The number of aldehydes is 1. The molecule has 0 saturated heterocycles. The molecule has 0 N–H and O–H groups in total. The second-order valence-electron chi connectivity index (χ2n) is 6.91. The number of methoxy groups -OCH3 is 1. The molecule has 3 aromatic rings. The van der Waals surface area contributed by atoms with E-state index in [1.165, 1.54) is 22.5 Å². The summed E-state index contributed by atoms with van der Waals surface area (Å²) in [7, 11) is 1.62. The fourth-order valence-electron chi connectivity index (χ4n) is 3.67. The fraction of sp³-hybridized carbons (Fsp3) is 0.318. The summed E-state index contributed by atoms with van der Waals surface area (Å²) >= 11 is 1.47. The van der Waals surface area contributed by atoms with Gasteiger partial charge in [-0.15, -0.1) is 0 Å². The van der Waals surface area contributed by atoms with Crippen molar-refractivity contribution in [3.63, 3.8) is 0 Å². The molecule has 0 fully saturated rings. The molecular formula is C22H22N2O3S. The molecule has 5 nitrogen and oxygen atoms in total.